The number of halogens is 1. The van der Waals surface area contributed by atoms with Gasteiger partial charge in [-0.25, -0.2) is 14.4 Å². The van der Waals surface area contributed by atoms with Gasteiger partial charge in [0.05, 0.1) is 12.4 Å². The highest BCUT2D eigenvalue weighted by molar-refractivity contribution is 5.32. The molecule has 2 rings (SSSR count). The first kappa shape index (κ1) is 13.2. The molecule has 1 fully saturated rings. The average molecular weight is 252 g/mol. The van der Waals surface area contributed by atoms with Crippen LogP contribution in [0.25, 0.3) is 0 Å². The summed E-state index contributed by atoms with van der Waals surface area (Å²) >= 11 is 0. The van der Waals surface area contributed by atoms with Gasteiger partial charge >= 0.3 is 0 Å². The smallest absolute Gasteiger partial charge is 0.225 e. The van der Waals surface area contributed by atoms with Crippen LogP contribution in [-0.2, 0) is 0 Å². The lowest BCUT2D eigenvalue weighted by atomic mass is 10.1. The van der Waals surface area contributed by atoms with E-state index < -0.39 is 0 Å². The van der Waals surface area contributed by atoms with Gasteiger partial charge in [0.1, 0.15) is 0 Å². The van der Waals surface area contributed by atoms with E-state index in [2.05, 4.69) is 41.0 Å². The predicted octanol–water partition coefficient (Wildman–Crippen LogP) is 1.97. The summed E-state index contributed by atoms with van der Waals surface area (Å²) in [5, 5.41) is 3.50. The van der Waals surface area contributed by atoms with Crippen molar-refractivity contribution >= 4 is 5.95 Å². The number of hydrogen-bond donors (Lipinski definition) is 1. The third-order valence-electron chi connectivity index (χ3n) is 3.11. The molecular weight excluding hydrogens is 231 g/mol. The van der Waals surface area contributed by atoms with Gasteiger partial charge in [0.15, 0.2) is 5.82 Å². The fourth-order valence-corrected chi connectivity index (χ4v) is 2.19. The van der Waals surface area contributed by atoms with E-state index in [1.807, 2.05) is 0 Å². The van der Waals surface area contributed by atoms with E-state index in [4.69, 9.17) is 0 Å². The van der Waals surface area contributed by atoms with Crippen LogP contribution in [0.2, 0.25) is 0 Å². The van der Waals surface area contributed by atoms with Crippen molar-refractivity contribution in [1.29, 1.82) is 0 Å². The summed E-state index contributed by atoms with van der Waals surface area (Å²) in [5.74, 6) is 0.247. The van der Waals surface area contributed by atoms with Crippen molar-refractivity contribution in [2.24, 2.45) is 0 Å². The number of rotatable bonds is 3. The van der Waals surface area contributed by atoms with E-state index in [1.165, 1.54) is 12.4 Å². The van der Waals surface area contributed by atoms with Crippen LogP contribution < -0.4 is 10.2 Å². The largest absolute Gasteiger partial charge is 0.337 e. The molecule has 5 heteroatoms. The molecular formula is C13H21FN4. The molecule has 100 valence electrons. The Hall–Kier alpha value is -1.23. The van der Waals surface area contributed by atoms with Gasteiger partial charge in [0, 0.05) is 24.7 Å². The van der Waals surface area contributed by atoms with Gasteiger partial charge < -0.3 is 10.2 Å². The van der Waals surface area contributed by atoms with Gasteiger partial charge in [-0.1, -0.05) is 0 Å². The standard InChI is InChI=1S/C13H21FN4/c1-13(2,3)17-9-11-5-4-6-18(11)12-15-7-10(14)8-16-12/h7-8,11,17H,4-6,9H2,1-3H3. The lowest BCUT2D eigenvalue weighted by Gasteiger charge is -2.28. The van der Waals surface area contributed by atoms with Crippen molar-refractivity contribution in [3.05, 3.63) is 18.2 Å². The van der Waals surface area contributed by atoms with E-state index in [0.29, 0.717) is 12.0 Å². The van der Waals surface area contributed by atoms with Crippen LogP contribution in [-0.4, -0.2) is 34.6 Å². The molecule has 4 nitrogen and oxygen atoms in total. The Morgan fingerprint density at radius 3 is 2.67 bits per heavy atom. The summed E-state index contributed by atoms with van der Waals surface area (Å²) in [6.07, 6.45) is 4.73. The Kier molecular flexibility index (Phi) is 3.80. The van der Waals surface area contributed by atoms with Crippen LogP contribution in [0.5, 0.6) is 0 Å². The quantitative estimate of drug-likeness (QED) is 0.893. The zero-order valence-corrected chi connectivity index (χ0v) is 11.3. The summed E-state index contributed by atoms with van der Waals surface area (Å²) < 4.78 is 12.8. The average Bonchev–Trinajstić information content (AvgIpc) is 2.75. The lowest BCUT2D eigenvalue weighted by Crippen LogP contribution is -2.45. The molecule has 1 aromatic rings. The van der Waals surface area contributed by atoms with E-state index >= 15 is 0 Å². The van der Waals surface area contributed by atoms with Crippen molar-refractivity contribution in [3.63, 3.8) is 0 Å². The molecule has 0 radical (unpaired) electrons. The van der Waals surface area contributed by atoms with E-state index in [-0.39, 0.29) is 11.4 Å². The highest BCUT2D eigenvalue weighted by atomic mass is 19.1. The van der Waals surface area contributed by atoms with E-state index in [1.54, 1.807) is 0 Å². The molecule has 0 spiro atoms. The molecule has 1 N–H and O–H groups in total. The molecule has 0 amide bonds. The van der Waals surface area contributed by atoms with Crippen LogP contribution in [0, 0.1) is 5.82 Å². The molecule has 0 aromatic carbocycles. The maximum atomic E-state index is 12.8. The van der Waals surface area contributed by atoms with Crippen LogP contribution in [0.3, 0.4) is 0 Å². The third-order valence-corrected chi connectivity index (χ3v) is 3.11. The van der Waals surface area contributed by atoms with Crippen molar-refractivity contribution in [2.75, 3.05) is 18.0 Å². The lowest BCUT2D eigenvalue weighted by molar-refractivity contribution is 0.404. The van der Waals surface area contributed by atoms with E-state index in [0.717, 1.165) is 25.9 Å². The van der Waals surface area contributed by atoms with Gasteiger partial charge in [0.25, 0.3) is 0 Å². The van der Waals surface area contributed by atoms with E-state index in [9.17, 15) is 4.39 Å². The summed E-state index contributed by atoms with van der Waals surface area (Å²) in [4.78, 5) is 10.3. The molecule has 1 atom stereocenters. The third kappa shape index (κ3) is 3.38. The normalized spacial score (nSPS) is 20.4. The maximum absolute atomic E-state index is 12.8. The topological polar surface area (TPSA) is 41.0 Å². The minimum atomic E-state index is -0.387. The van der Waals surface area contributed by atoms with Crippen LogP contribution in [0.15, 0.2) is 12.4 Å². The van der Waals surface area contributed by atoms with Crippen molar-refractivity contribution in [3.8, 4) is 0 Å². The second-order valence-corrected chi connectivity index (χ2v) is 5.82. The summed E-state index contributed by atoms with van der Waals surface area (Å²) in [6.45, 7) is 8.31. The Balaban J connectivity index is 2.01. The minimum absolute atomic E-state index is 0.109. The number of hydrogen-bond acceptors (Lipinski definition) is 4. The Morgan fingerprint density at radius 1 is 1.39 bits per heavy atom. The minimum Gasteiger partial charge on any atom is -0.337 e. The molecule has 1 aliphatic heterocycles. The first-order chi connectivity index (χ1) is 8.46. The summed E-state index contributed by atoms with van der Waals surface area (Å²) in [5.41, 5.74) is 0.109. The van der Waals surface area contributed by atoms with Crippen molar-refractivity contribution < 1.29 is 4.39 Å². The van der Waals surface area contributed by atoms with Crippen LogP contribution in [0.1, 0.15) is 33.6 Å². The number of nitrogens with one attached hydrogen (secondary N) is 1. The van der Waals surface area contributed by atoms with Crippen molar-refractivity contribution in [2.45, 2.75) is 45.2 Å². The zero-order chi connectivity index (χ0) is 13.2. The molecule has 2 heterocycles. The fourth-order valence-electron chi connectivity index (χ4n) is 2.19. The van der Waals surface area contributed by atoms with Gasteiger partial charge in [-0.3, -0.25) is 0 Å². The number of aromatic nitrogens is 2. The maximum Gasteiger partial charge on any atom is 0.225 e. The van der Waals surface area contributed by atoms with Crippen LogP contribution >= 0.6 is 0 Å². The number of nitrogens with zero attached hydrogens (tertiary/aromatic N) is 3. The Morgan fingerprint density at radius 2 is 2.06 bits per heavy atom. The SMILES string of the molecule is CC(C)(C)NCC1CCCN1c1ncc(F)cn1. The molecule has 0 aliphatic carbocycles. The second kappa shape index (κ2) is 5.18. The van der Waals surface area contributed by atoms with Crippen LogP contribution in [0.4, 0.5) is 10.3 Å². The Labute approximate surface area is 108 Å². The molecule has 0 bridgehead atoms. The predicted molar refractivity (Wildman–Crippen MR) is 70.1 cm³/mol. The zero-order valence-electron chi connectivity index (χ0n) is 11.3. The summed E-state index contributed by atoms with van der Waals surface area (Å²) in [7, 11) is 0. The molecule has 0 saturated carbocycles. The van der Waals surface area contributed by atoms with Gasteiger partial charge in [-0.05, 0) is 33.6 Å². The number of anilines is 1. The van der Waals surface area contributed by atoms with Gasteiger partial charge in [-0.2, -0.15) is 0 Å². The van der Waals surface area contributed by atoms with Gasteiger partial charge in [-0.15, -0.1) is 0 Å². The second-order valence-electron chi connectivity index (χ2n) is 5.82. The highest BCUT2D eigenvalue weighted by Gasteiger charge is 2.27. The molecule has 1 aliphatic rings. The molecule has 1 unspecified atom stereocenters. The monoisotopic (exact) mass is 252 g/mol. The first-order valence-corrected chi connectivity index (χ1v) is 6.45. The first-order valence-electron chi connectivity index (χ1n) is 6.45. The molecule has 18 heavy (non-hydrogen) atoms. The summed E-state index contributed by atoms with van der Waals surface area (Å²) in [6, 6.07) is 0.398. The Bertz CT molecular complexity index is 385. The highest BCUT2D eigenvalue weighted by Crippen LogP contribution is 2.22. The van der Waals surface area contributed by atoms with Gasteiger partial charge in [0.2, 0.25) is 5.95 Å². The molecule has 1 saturated heterocycles. The molecule has 1 aromatic heterocycles. The fraction of sp³-hybridized carbons (Fsp3) is 0.692. The van der Waals surface area contributed by atoms with Crippen molar-refractivity contribution in [1.82, 2.24) is 15.3 Å².